The summed E-state index contributed by atoms with van der Waals surface area (Å²) in [5.41, 5.74) is 3.95. The highest BCUT2D eigenvalue weighted by Crippen LogP contribution is 2.20. The number of aryl methyl sites for hydroxylation is 2. The van der Waals surface area contributed by atoms with Crippen molar-refractivity contribution in [3.63, 3.8) is 0 Å². The summed E-state index contributed by atoms with van der Waals surface area (Å²) < 4.78 is 1.66. The van der Waals surface area contributed by atoms with E-state index < -0.39 is 0 Å². The summed E-state index contributed by atoms with van der Waals surface area (Å²) in [7, 11) is 1.80. The molecule has 4 aromatic rings. The van der Waals surface area contributed by atoms with Crippen molar-refractivity contribution in [3.05, 3.63) is 70.5 Å². The summed E-state index contributed by atoms with van der Waals surface area (Å²) in [6.45, 7) is 2.05. The highest BCUT2D eigenvalue weighted by molar-refractivity contribution is 5.60. The van der Waals surface area contributed by atoms with E-state index in [1.807, 2.05) is 36.4 Å². The highest BCUT2D eigenvalue weighted by atomic mass is 16.1. The topological polar surface area (TPSA) is 114 Å². The van der Waals surface area contributed by atoms with Crippen LogP contribution in [0.4, 0.5) is 5.95 Å². The first-order chi connectivity index (χ1) is 13.6. The fourth-order valence-electron chi connectivity index (χ4n) is 2.77. The standard InChI is InChI=1S/C19H18N8O/c1-12-18(28)21-10-15(23-12)17-16(27(2)26-25-17)11-22-19-20-9-8-14(24-19)13-6-4-3-5-7-13/h3-10H,11H2,1-2H3,(H,21,28)(H,20,22,24). The molecule has 0 radical (unpaired) electrons. The minimum absolute atomic E-state index is 0.224. The average Bonchev–Trinajstić information content (AvgIpc) is 3.10. The molecule has 9 nitrogen and oxygen atoms in total. The summed E-state index contributed by atoms with van der Waals surface area (Å²) in [5, 5.41) is 11.5. The molecule has 0 saturated heterocycles. The first-order valence-electron chi connectivity index (χ1n) is 8.69. The van der Waals surface area contributed by atoms with Crippen LogP contribution in [0, 0.1) is 6.92 Å². The molecule has 3 heterocycles. The van der Waals surface area contributed by atoms with Crippen molar-refractivity contribution in [2.75, 3.05) is 5.32 Å². The molecule has 140 valence electrons. The van der Waals surface area contributed by atoms with Gasteiger partial charge in [-0.2, -0.15) is 0 Å². The number of benzene rings is 1. The van der Waals surface area contributed by atoms with Gasteiger partial charge in [0.25, 0.3) is 5.56 Å². The van der Waals surface area contributed by atoms with Crippen molar-refractivity contribution >= 4 is 5.95 Å². The highest BCUT2D eigenvalue weighted by Gasteiger charge is 2.15. The molecule has 0 fully saturated rings. The maximum absolute atomic E-state index is 11.6. The second-order valence-electron chi connectivity index (χ2n) is 6.19. The van der Waals surface area contributed by atoms with Gasteiger partial charge in [-0.3, -0.25) is 4.79 Å². The van der Waals surface area contributed by atoms with Gasteiger partial charge in [-0.05, 0) is 13.0 Å². The minimum atomic E-state index is -0.224. The SMILES string of the molecule is Cc1nc(-c2nnn(C)c2CNc2nccc(-c3ccccc3)n2)c[nH]c1=O. The zero-order valence-electron chi connectivity index (χ0n) is 15.4. The fraction of sp³-hybridized carbons (Fsp3) is 0.158. The zero-order valence-corrected chi connectivity index (χ0v) is 15.4. The Balaban J connectivity index is 1.59. The van der Waals surface area contributed by atoms with Crippen LogP contribution >= 0.6 is 0 Å². The van der Waals surface area contributed by atoms with E-state index in [1.165, 1.54) is 6.20 Å². The maximum atomic E-state index is 11.6. The summed E-state index contributed by atoms with van der Waals surface area (Å²) >= 11 is 0. The van der Waals surface area contributed by atoms with Crippen molar-refractivity contribution < 1.29 is 0 Å². The van der Waals surface area contributed by atoms with Crippen molar-refractivity contribution in [3.8, 4) is 22.6 Å². The summed E-state index contributed by atoms with van der Waals surface area (Å²) in [5.74, 6) is 0.499. The Bertz CT molecular complexity index is 1170. The van der Waals surface area contributed by atoms with E-state index in [4.69, 9.17) is 0 Å². The van der Waals surface area contributed by atoms with Gasteiger partial charge in [0, 0.05) is 25.0 Å². The summed E-state index contributed by atoms with van der Waals surface area (Å²) in [6, 6.07) is 11.8. The number of rotatable bonds is 5. The smallest absolute Gasteiger partial charge is 0.269 e. The van der Waals surface area contributed by atoms with Crippen LogP contribution in [0.15, 0.2) is 53.6 Å². The van der Waals surface area contributed by atoms with Gasteiger partial charge in [0.1, 0.15) is 17.1 Å². The normalized spacial score (nSPS) is 10.8. The number of hydrogen-bond donors (Lipinski definition) is 2. The Kier molecular flexibility index (Phi) is 4.63. The lowest BCUT2D eigenvalue weighted by Gasteiger charge is -2.08. The van der Waals surface area contributed by atoms with Crippen molar-refractivity contribution in [1.29, 1.82) is 0 Å². The predicted molar refractivity (Wildman–Crippen MR) is 104 cm³/mol. The van der Waals surface area contributed by atoms with Gasteiger partial charge in [0.2, 0.25) is 5.95 Å². The molecule has 1 aromatic carbocycles. The lowest BCUT2D eigenvalue weighted by molar-refractivity contribution is 0.683. The van der Waals surface area contributed by atoms with Gasteiger partial charge in [0.15, 0.2) is 0 Å². The van der Waals surface area contributed by atoms with E-state index in [2.05, 4.69) is 35.6 Å². The van der Waals surface area contributed by atoms with Crippen molar-refractivity contribution in [1.82, 2.24) is 34.9 Å². The molecular weight excluding hydrogens is 356 g/mol. The molecule has 0 aliphatic carbocycles. The number of nitrogens with one attached hydrogen (secondary N) is 2. The van der Waals surface area contributed by atoms with Crippen LogP contribution in [0.3, 0.4) is 0 Å². The Labute approximate surface area is 160 Å². The van der Waals surface area contributed by atoms with E-state index in [9.17, 15) is 4.79 Å². The molecule has 0 aliphatic heterocycles. The van der Waals surface area contributed by atoms with E-state index in [0.29, 0.717) is 29.6 Å². The lowest BCUT2D eigenvalue weighted by Crippen LogP contribution is -2.13. The van der Waals surface area contributed by atoms with Crippen LogP contribution in [0.2, 0.25) is 0 Å². The number of nitrogens with zero attached hydrogens (tertiary/aromatic N) is 6. The average molecular weight is 374 g/mol. The summed E-state index contributed by atoms with van der Waals surface area (Å²) in [6.07, 6.45) is 3.25. The van der Waals surface area contributed by atoms with Crippen LogP contribution in [-0.2, 0) is 13.6 Å². The Morgan fingerprint density at radius 3 is 2.71 bits per heavy atom. The molecule has 0 bridgehead atoms. The van der Waals surface area contributed by atoms with Crippen LogP contribution in [0.1, 0.15) is 11.4 Å². The third-order valence-corrected chi connectivity index (χ3v) is 4.28. The van der Waals surface area contributed by atoms with Gasteiger partial charge < -0.3 is 10.3 Å². The molecule has 0 spiro atoms. The van der Waals surface area contributed by atoms with E-state index in [-0.39, 0.29) is 5.56 Å². The zero-order chi connectivity index (χ0) is 19.5. The number of aromatic amines is 1. The van der Waals surface area contributed by atoms with E-state index in [0.717, 1.165) is 17.0 Å². The molecule has 0 saturated carbocycles. The van der Waals surface area contributed by atoms with Crippen molar-refractivity contribution in [2.24, 2.45) is 7.05 Å². The van der Waals surface area contributed by atoms with Crippen LogP contribution in [0.5, 0.6) is 0 Å². The Hall–Kier alpha value is -3.88. The predicted octanol–water partition coefficient (Wildman–Crippen LogP) is 1.94. The number of aromatic nitrogens is 7. The largest absolute Gasteiger partial charge is 0.348 e. The van der Waals surface area contributed by atoms with Crippen LogP contribution in [-0.4, -0.2) is 34.9 Å². The molecule has 4 rings (SSSR count). The van der Waals surface area contributed by atoms with E-state index >= 15 is 0 Å². The monoisotopic (exact) mass is 374 g/mol. The van der Waals surface area contributed by atoms with Crippen molar-refractivity contribution in [2.45, 2.75) is 13.5 Å². The number of hydrogen-bond acceptors (Lipinski definition) is 7. The number of H-pyrrole nitrogens is 1. The van der Waals surface area contributed by atoms with E-state index in [1.54, 1.807) is 24.9 Å². The van der Waals surface area contributed by atoms with Gasteiger partial charge in [-0.1, -0.05) is 35.5 Å². The third-order valence-electron chi connectivity index (χ3n) is 4.28. The fourth-order valence-corrected chi connectivity index (χ4v) is 2.77. The molecule has 0 aliphatic rings. The molecule has 0 amide bonds. The molecule has 0 atom stereocenters. The number of anilines is 1. The Morgan fingerprint density at radius 2 is 1.93 bits per heavy atom. The maximum Gasteiger partial charge on any atom is 0.269 e. The van der Waals surface area contributed by atoms with Gasteiger partial charge >= 0.3 is 0 Å². The first kappa shape index (κ1) is 17.5. The molecular formula is C19H18N8O. The summed E-state index contributed by atoms with van der Waals surface area (Å²) in [4.78, 5) is 27.4. The molecule has 28 heavy (non-hydrogen) atoms. The van der Waals surface area contributed by atoms with Crippen LogP contribution < -0.4 is 10.9 Å². The van der Waals surface area contributed by atoms with Gasteiger partial charge in [0.05, 0.1) is 17.9 Å². The van der Waals surface area contributed by atoms with Gasteiger partial charge in [-0.15, -0.1) is 5.10 Å². The Morgan fingerprint density at radius 1 is 1.11 bits per heavy atom. The minimum Gasteiger partial charge on any atom is -0.348 e. The molecule has 3 aromatic heterocycles. The molecule has 9 heteroatoms. The lowest BCUT2D eigenvalue weighted by atomic mass is 10.1. The second kappa shape index (κ2) is 7.39. The molecule has 2 N–H and O–H groups in total. The van der Waals surface area contributed by atoms with Gasteiger partial charge in [-0.25, -0.2) is 19.6 Å². The third kappa shape index (κ3) is 3.50. The molecule has 0 unspecified atom stereocenters. The first-order valence-corrected chi connectivity index (χ1v) is 8.69. The second-order valence-corrected chi connectivity index (χ2v) is 6.19. The quantitative estimate of drug-likeness (QED) is 0.549. The van der Waals surface area contributed by atoms with Crippen LogP contribution in [0.25, 0.3) is 22.6 Å².